The third kappa shape index (κ3) is 3.71. The number of anilines is 1. The Morgan fingerprint density at radius 1 is 1.25 bits per heavy atom. The summed E-state index contributed by atoms with van der Waals surface area (Å²) in [6.07, 6.45) is 3.25. The molecule has 2 aromatic rings. The number of urea groups is 1. The van der Waals surface area contributed by atoms with E-state index in [1.807, 2.05) is 31.2 Å². The third-order valence-corrected chi connectivity index (χ3v) is 2.88. The molecule has 0 spiro atoms. The maximum atomic E-state index is 11.8. The van der Waals surface area contributed by atoms with Crippen LogP contribution in [0, 0.1) is 0 Å². The topological polar surface area (TPSA) is 63.2 Å². The number of aromatic nitrogens is 1. The van der Waals surface area contributed by atoms with Crippen LogP contribution in [0.25, 0.3) is 0 Å². The van der Waals surface area contributed by atoms with Crippen molar-refractivity contribution in [3.05, 3.63) is 54.4 Å². The van der Waals surface area contributed by atoms with E-state index in [9.17, 15) is 4.79 Å². The molecule has 2 rings (SSSR count). The fourth-order valence-corrected chi connectivity index (χ4v) is 1.78. The van der Waals surface area contributed by atoms with Gasteiger partial charge in [0, 0.05) is 6.20 Å². The number of carbonyl (C=O) groups is 1. The Hall–Kier alpha value is -2.56. The Morgan fingerprint density at radius 2 is 2.00 bits per heavy atom. The molecule has 1 aromatic carbocycles. The van der Waals surface area contributed by atoms with Gasteiger partial charge >= 0.3 is 6.03 Å². The normalized spacial score (nSPS) is 11.5. The van der Waals surface area contributed by atoms with Crippen molar-refractivity contribution in [2.24, 2.45) is 0 Å². The molecule has 0 fully saturated rings. The summed E-state index contributed by atoms with van der Waals surface area (Å²) >= 11 is 0. The van der Waals surface area contributed by atoms with E-state index in [0.29, 0.717) is 5.69 Å². The fourth-order valence-electron chi connectivity index (χ4n) is 1.78. The van der Waals surface area contributed by atoms with Crippen LogP contribution in [-0.4, -0.2) is 18.1 Å². The molecule has 0 bridgehead atoms. The van der Waals surface area contributed by atoms with E-state index in [1.165, 1.54) is 0 Å². The van der Waals surface area contributed by atoms with E-state index in [4.69, 9.17) is 4.74 Å². The van der Waals surface area contributed by atoms with E-state index in [0.717, 1.165) is 11.3 Å². The predicted molar refractivity (Wildman–Crippen MR) is 77.8 cm³/mol. The molecule has 5 nitrogen and oxygen atoms in total. The minimum atomic E-state index is -0.263. The molecule has 1 atom stereocenters. The van der Waals surface area contributed by atoms with Gasteiger partial charge in [-0.2, -0.15) is 0 Å². The van der Waals surface area contributed by atoms with Crippen molar-refractivity contribution in [1.82, 2.24) is 10.3 Å². The zero-order chi connectivity index (χ0) is 14.4. The number of methoxy groups -OCH3 is 1. The van der Waals surface area contributed by atoms with Gasteiger partial charge in [0.05, 0.1) is 25.0 Å². The van der Waals surface area contributed by atoms with Gasteiger partial charge in [0.1, 0.15) is 5.75 Å². The number of nitrogens with one attached hydrogen (secondary N) is 2. The summed E-state index contributed by atoms with van der Waals surface area (Å²) in [5, 5.41) is 5.59. The largest absolute Gasteiger partial charge is 0.497 e. The van der Waals surface area contributed by atoms with Crippen LogP contribution in [0.2, 0.25) is 0 Å². The summed E-state index contributed by atoms with van der Waals surface area (Å²) in [7, 11) is 1.62. The molecule has 0 aliphatic rings. The lowest BCUT2D eigenvalue weighted by Crippen LogP contribution is -2.31. The maximum Gasteiger partial charge on any atom is 0.319 e. The molecular weight excluding hydrogens is 254 g/mol. The molecule has 5 heteroatoms. The van der Waals surface area contributed by atoms with Gasteiger partial charge in [-0.25, -0.2) is 4.79 Å². The van der Waals surface area contributed by atoms with E-state index < -0.39 is 0 Å². The zero-order valence-electron chi connectivity index (χ0n) is 11.5. The van der Waals surface area contributed by atoms with Crippen LogP contribution in [-0.2, 0) is 0 Å². The number of pyridine rings is 1. The number of ether oxygens (including phenoxy) is 1. The van der Waals surface area contributed by atoms with Crippen LogP contribution in [0.3, 0.4) is 0 Å². The number of amides is 2. The Morgan fingerprint density at radius 3 is 2.60 bits per heavy atom. The van der Waals surface area contributed by atoms with Crippen molar-refractivity contribution < 1.29 is 9.53 Å². The van der Waals surface area contributed by atoms with Gasteiger partial charge in [-0.1, -0.05) is 12.1 Å². The average Bonchev–Trinajstić information content (AvgIpc) is 2.48. The molecular formula is C15H17N3O2. The monoisotopic (exact) mass is 271 g/mol. The molecule has 0 aliphatic heterocycles. The van der Waals surface area contributed by atoms with Gasteiger partial charge in [-0.3, -0.25) is 4.98 Å². The van der Waals surface area contributed by atoms with Crippen molar-refractivity contribution in [1.29, 1.82) is 0 Å². The highest BCUT2D eigenvalue weighted by Gasteiger charge is 2.09. The van der Waals surface area contributed by atoms with Gasteiger partial charge in [0.2, 0.25) is 0 Å². The second-order valence-electron chi connectivity index (χ2n) is 4.34. The number of rotatable bonds is 4. The van der Waals surface area contributed by atoms with Crippen LogP contribution in [0.5, 0.6) is 5.75 Å². The molecule has 0 saturated carbocycles. The SMILES string of the molecule is COc1ccc(C(C)NC(=O)Nc2cccnc2)cc1. The van der Waals surface area contributed by atoms with E-state index in [1.54, 1.807) is 31.6 Å². The molecule has 20 heavy (non-hydrogen) atoms. The lowest BCUT2D eigenvalue weighted by molar-refractivity contribution is 0.249. The molecule has 1 aromatic heterocycles. The Bertz CT molecular complexity index is 555. The minimum absolute atomic E-state index is 0.0995. The van der Waals surface area contributed by atoms with Gasteiger partial charge in [0.15, 0.2) is 0 Å². The molecule has 1 unspecified atom stereocenters. The summed E-state index contributed by atoms with van der Waals surface area (Å²) < 4.78 is 5.10. The van der Waals surface area contributed by atoms with Crippen LogP contribution in [0.1, 0.15) is 18.5 Å². The molecule has 0 radical (unpaired) electrons. The third-order valence-electron chi connectivity index (χ3n) is 2.88. The number of benzene rings is 1. The quantitative estimate of drug-likeness (QED) is 0.898. The number of hydrogen-bond donors (Lipinski definition) is 2. The first-order chi connectivity index (χ1) is 9.69. The van der Waals surface area contributed by atoms with Crippen LogP contribution in [0.15, 0.2) is 48.8 Å². The second kappa shape index (κ2) is 6.56. The second-order valence-corrected chi connectivity index (χ2v) is 4.34. The molecule has 0 saturated heterocycles. The Labute approximate surface area is 118 Å². The predicted octanol–water partition coefficient (Wildman–Crippen LogP) is 2.97. The van der Waals surface area contributed by atoms with Gasteiger partial charge < -0.3 is 15.4 Å². The molecule has 2 N–H and O–H groups in total. The summed E-state index contributed by atoms with van der Waals surface area (Å²) in [4.78, 5) is 15.8. The first-order valence-corrected chi connectivity index (χ1v) is 6.30. The standard InChI is InChI=1S/C15H17N3O2/c1-11(12-5-7-14(20-2)8-6-12)17-15(19)18-13-4-3-9-16-10-13/h3-11H,1-2H3,(H2,17,18,19). The van der Waals surface area contributed by atoms with Crippen LogP contribution >= 0.6 is 0 Å². The highest BCUT2D eigenvalue weighted by Crippen LogP contribution is 2.17. The van der Waals surface area contributed by atoms with Crippen molar-refractivity contribution in [3.63, 3.8) is 0 Å². The van der Waals surface area contributed by atoms with Crippen LogP contribution < -0.4 is 15.4 Å². The van der Waals surface area contributed by atoms with Gasteiger partial charge in [0.25, 0.3) is 0 Å². The Balaban J connectivity index is 1.93. The van der Waals surface area contributed by atoms with E-state index in [2.05, 4.69) is 15.6 Å². The molecule has 104 valence electrons. The highest BCUT2D eigenvalue weighted by atomic mass is 16.5. The average molecular weight is 271 g/mol. The lowest BCUT2D eigenvalue weighted by Gasteiger charge is -2.15. The number of hydrogen-bond acceptors (Lipinski definition) is 3. The summed E-state index contributed by atoms with van der Waals surface area (Å²) in [6.45, 7) is 1.92. The van der Waals surface area contributed by atoms with Crippen molar-refractivity contribution in [2.45, 2.75) is 13.0 Å². The van der Waals surface area contributed by atoms with Crippen molar-refractivity contribution in [2.75, 3.05) is 12.4 Å². The van der Waals surface area contributed by atoms with Crippen molar-refractivity contribution >= 4 is 11.7 Å². The summed E-state index contributed by atoms with van der Waals surface area (Å²) in [5.41, 5.74) is 1.67. The molecule has 0 aliphatic carbocycles. The van der Waals surface area contributed by atoms with Crippen molar-refractivity contribution in [3.8, 4) is 5.75 Å². The lowest BCUT2D eigenvalue weighted by atomic mass is 10.1. The van der Waals surface area contributed by atoms with Gasteiger partial charge in [-0.15, -0.1) is 0 Å². The van der Waals surface area contributed by atoms with Gasteiger partial charge in [-0.05, 0) is 36.8 Å². The minimum Gasteiger partial charge on any atom is -0.497 e. The summed E-state index contributed by atoms with van der Waals surface area (Å²) in [5.74, 6) is 0.792. The first kappa shape index (κ1) is 13.9. The number of nitrogens with zero attached hydrogens (tertiary/aromatic N) is 1. The highest BCUT2D eigenvalue weighted by molar-refractivity contribution is 5.89. The zero-order valence-corrected chi connectivity index (χ0v) is 11.5. The van der Waals surface area contributed by atoms with E-state index in [-0.39, 0.29) is 12.1 Å². The molecule has 1 heterocycles. The Kier molecular flexibility index (Phi) is 4.55. The maximum absolute atomic E-state index is 11.8. The fraction of sp³-hybridized carbons (Fsp3) is 0.200. The summed E-state index contributed by atoms with van der Waals surface area (Å²) in [6, 6.07) is 10.8. The smallest absolute Gasteiger partial charge is 0.319 e. The first-order valence-electron chi connectivity index (χ1n) is 6.30. The van der Waals surface area contributed by atoms with E-state index >= 15 is 0 Å². The number of carbonyl (C=O) groups excluding carboxylic acids is 1. The molecule has 2 amide bonds. The van der Waals surface area contributed by atoms with Crippen LogP contribution in [0.4, 0.5) is 10.5 Å².